The van der Waals surface area contributed by atoms with E-state index in [9.17, 15) is 0 Å². The number of hydrogen-bond donors (Lipinski definition) is 1. The predicted octanol–water partition coefficient (Wildman–Crippen LogP) is 5.79. The Labute approximate surface area is 163 Å². The van der Waals surface area contributed by atoms with E-state index < -0.39 is 0 Å². The maximum Gasteiger partial charge on any atom is 0.236 e. The maximum absolute atomic E-state index is 4.86. The van der Waals surface area contributed by atoms with Crippen molar-refractivity contribution >= 4 is 29.0 Å². The topological polar surface area (TPSA) is 42.2 Å². The van der Waals surface area contributed by atoms with E-state index >= 15 is 0 Å². The summed E-state index contributed by atoms with van der Waals surface area (Å²) in [4.78, 5) is 10.7. The van der Waals surface area contributed by atoms with E-state index in [1.807, 2.05) is 6.92 Å². The molecule has 0 aliphatic rings. The smallest absolute Gasteiger partial charge is 0.236 e. The van der Waals surface area contributed by atoms with Gasteiger partial charge in [-0.05, 0) is 57.4 Å². The van der Waals surface area contributed by atoms with E-state index in [-0.39, 0.29) is 0 Å². The molecule has 4 rings (SSSR count). The summed E-state index contributed by atoms with van der Waals surface area (Å²) in [6, 6.07) is 19.0. The van der Waals surface area contributed by atoms with Gasteiger partial charge >= 0.3 is 0 Å². The van der Waals surface area contributed by atoms with Gasteiger partial charge in [0.05, 0.1) is 0 Å². The zero-order chi connectivity index (χ0) is 19.0. The van der Waals surface area contributed by atoms with Crippen LogP contribution >= 0.6 is 11.8 Å². The second-order valence-corrected chi connectivity index (χ2v) is 7.58. The molecule has 4 aromatic rings. The Morgan fingerprint density at radius 2 is 1.59 bits per heavy atom. The molecule has 1 N–H and O–H groups in total. The van der Waals surface area contributed by atoms with Crippen molar-refractivity contribution in [3.8, 4) is 11.3 Å². The number of aromatic nitrogens is 3. The molecule has 0 amide bonds. The lowest BCUT2D eigenvalue weighted by Crippen LogP contribution is -2.01. The Hall–Kier alpha value is -2.79. The van der Waals surface area contributed by atoms with Gasteiger partial charge < -0.3 is 5.32 Å². The van der Waals surface area contributed by atoms with E-state index in [2.05, 4.69) is 89.4 Å². The van der Waals surface area contributed by atoms with Crippen molar-refractivity contribution in [2.24, 2.45) is 0 Å². The molecular formula is C22H22N4S. The highest BCUT2D eigenvalue weighted by Gasteiger charge is 2.17. The second kappa shape index (κ2) is 7.08. The molecular weight excluding hydrogens is 352 g/mol. The van der Waals surface area contributed by atoms with Crippen LogP contribution < -0.4 is 5.32 Å². The van der Waals surface area contributed by atoms with Crippen LogP contribution in [0.5, 0.6) is 0 Å². The molecule has 136 valence electrons. The number of fused-ring (bicyclic) bond motifs is 1. The van der Waals surface area contributed by atoms with E-state index in [0.29, 0.717) is 5.78 Å². The number of aryl methyl sites for hydroxylation is 3. The van der Waals surface area contributed by atoms with E-state index in [1.165, 1.54) is 10.5 Å². The molecule has 0 bridgehead atoms. The number of nitrogens with zero attached hydrogens (tertiary/aromatic N) is 3. The largest absolute Gasteiger partial charge is 0.339 e. The first-order valence-electron chi connectivity index (χ1n) is 8.90. The minimum Gasteiger partial charge on any atom is -0.339 e. The molecule has 0 spiro atoms. The molecule has 2 heterocycles. The van der Waals surface area contributed by atoms with Gasteiger partial charge in [0.15, 0.2) is 0 Å². The van der Waals surface area contributed by atoms with Crippen molar-refractivity contribution in [2.75, 3.05) is 11.6 Å². The molecule has 0 fully saturated rings. The average molecular weight is 375 g/mol. The molecule has 27 heavy (non-hydrogen) atoms. The lowest BCUT2D eigenvalue weighted by Gasteiger charge is -2.11. The summed E-state index contributed by atoms with van der Waals surface area (Å²) in [6.07, 6.45) is 2.08. The Bertz CT molecular complexity index is 1100. The quantitative estimate of drug-likeness (QED) is 0.459. The first-order chi connectivity index (χ1) is 13.0. The molecule has 0 saturated carbocycles. The van der Waals surface area contributed by atoms with Crippen LogP contribution in [-0.2, 0) is 0 Å². The average Bonchev–Trinajstić information content (AvgIpc) is 3.02. The number of hydrogen-bond acceptors (Lipinski definition) is 4. The third-order valence-electron chi connectivity index (χ3n) is 4.58. The fraction of sp³-hybridized carbons (Fsp3) is 0.182. The summed E-state index contributed by atoms with van der Waals surface area (Å²) >= 11 is 1.74. The van der Waals surface area contributed by atoms with Gasteiger partial charge in [-0.3, -0.25) is 4.40 Å². The zero-order valence-corrected chi connectivity index (χ0v) is 16.8. The first-order valence-corrected chi connectivity index (χ1v) is 10.1. The summed E-state index contributed by atoms with van der Waals surface area (Å²) < 4.78 is 2.09. The summed E-state index contributed by atoms with van der Waals surface area (Å²) in [5.41, 5.74) is 6.32. The molecule has 0 radical (unpaired) electrons. The fourth-order valence-corrected chi connectivity index (χ4v) is 3.62. The monoisotopic (exact) mass is 374 g/mol. The van der Waals surface area contributed by atoms with Gasteiger partial charge in [0.1, 0.15) is 11.5 Å². The van der Waals surface area contributed by atoms with Gasteiger partial charge in [-0.25, -0.2) is 9.97 Å². The SMILES string of the molecule is CSc1ccc(-c2nc3nc(C)cc(C)n3c2Nc2ccc(C)cc2)cc1. The third-order valence-corrected chi connectivity index (χ3v) is 5.33. The maximum atomic E-state index is 4.86. The highest BCUT2D eigenvalue weighted by molar-refractivity contribution is 7.98. The number of benzene rings is 2. The summed E-state index contributed by atoms with van der Waals surface area (Å²) in [7, 11) is 0. The number of anilines is 2. The van der Waals surface area contributed by atoms with Crippen molar-refractivity contribution in [1.29, 1.82) is 0 Å². The van der Waals surface area contributed by atoms with Crippen molar-refractivity contribution in [1.82, 2.24) is 14.4 Å². The van der Waals surface area contributed by atoms with Crippen LogP contribution in [0.2, 0.25) is 0 Å². The van der Waals surface area contributed by atoms with Crippen molar-refractivity contribution in [3.63, 3.8) is 0 Å². The number of thioether (sulfide) groups is 1. The fourth-order valence-electron chi connectivity index (χ4n) is 3.21. The van der Waals surface area contributed by atoms with Gasteiger partial charge in [0.25, 0.3) is 0 Å². The molecule has 2 aromatic heterocycles. The zero-order valence-electron chi connectivity index (χ0n) is 15.9. The predicted molar refractivity (Wildman–Crippen MR) is 114 cm³/mol. The van der Waals surface area contributed by atoms with Crippen LogP contribution in [0.25, 0.3) is 17.0 Å². The third kappa shape index (κ3) is 3.43. The van der Waals surface area contributed by atoms with E-state index in [0.717, 1.165) is 34.2 Å². The van der Waals surface area contributed by atoms with Crippen LogP contribution in [0.1, 0.15) is 17.0 Å². The number of imidazole rings is 1. The molecule has 4 nitrogen and oxygen atoms in total. The minimum absolute atomic E-state index is 0.714. The van der Waals surface area contributed by atoms with Crippen molar-refractivity contribution in [2.45, 2.75) is 25.7 Å². The van der Waals surface area contributed by atoms with Crippen LogP contribution in [0.15, 0.2) is 59.5 Å². The Morgan fingerprint density at radius 1 is 0.889 bits per heavy atom. The second-order valence-electron chi connectivity index (χ2n) is 6.70. The van der Waals surface area contributed by atoms with Crippen LogP contribution in [0.4, 0.5) is 11.5 Å². The van der Waals surface area contributed by atoms with Gasteiger partial charge in [0.2, 0.25) is 5.78 Å². The number of rotatable bonds is 4. The Kier molecular flexibility index (Phi) is 4.62. The van der Waals surface area contributed by atoms with Gasteiger partial charge in [-0.1, -0.05) is 29.8 Å². The lowest BCUT2D eigenvalue weighted by molar-refractivity contribution is 1.02. The molecule has 0 aliphatic heterocycles. The Balaban J connectivity index is 1.90. The van der Waals surface area contributed by atoms with Crippen LogP contribution in [0, 0.1) is 20.8 Å². The van der Waals surface area contributed by atoms with Gasteiger partial charge in [0, 0.05) is 27.5 Å². The summed E-state index contributed by atoms with van der Waals surface area (Å²) in [5.74, 6) is 1.65. The molecule has 2 aromatic carbocycles. The molecule has 0 atom stereocenters. The summed E-state index contributed by atoms with van der Waals surface area (Å²) in [6.45, 7) is 6.18. The molecule has 0 aliphatic carbocycles. The number of nitrogens with one attached hydrogen (secondary N) is 1. The highest BCUT2D eigenvalue weighted by atomic mass is 32.2. The highest BCUT2D eigenvalue weighted by Crippen LogP contribution is 2.32. The standard InChI is InChI=1S/C22H22N4S/c1-14-5-9-18(10-6-14)24-21-20(17-7-11-19(27-4)12-8-17)25-22-23-15(2)13-16(3)26(21)22/h5-13,24H,1-4H3. The minimum atomic E-state index is 0.714. The molecule has 0 saturated heterocycles. The van der Waals surface area contributed by atoms with E-state index in [4.69, 9.17) is 4.98 Å². The first kappa shape index (κ1) is 17.6. The molecule has 5 heteroatoms. The molecule has 0 unspecified atom stereocenters. The summed E-state index contributed by atoms with van der Waals surface area (Å²) in [5, 5.41) is 3.57. The Morgan fingerprint density at radius 3 is 2.26 bits per heavy atom. The van der Waals surface area contributed by atoms with Crippen LogP contribution in [0.3, 0.4) is 0 Å². The lowest BCUT2D eigenvalue weighted by atomic mass is 10.1. The van der Waals surface area contributed by atoms with Gasteiger partial charge in [-0.15, -0.1) is 11.8 Å². The van der Waals surface area contributed by atoms with Gasteiger partial charge in [-0.2, -0.15) is 0 Å². The van der Waals surface area contributed by atoms with Crippen LogP contribution in [-0.4, -0.2) is 20.6 Å². The van der Waals surface area contributed by atoms with Crippen molar-refractivity contribution < 1.29 is 0 Å². The van der Waals surface area contributed by atoms with E-state index in [1.54, 1.807) is 11.8 Å². The normalized spacial score (nSPS) is 11.1. The van der Waals surface area contributed by atoms with Crippen molar-refractivity contribution in [3.05, 3.63) is 71.5 Å².